The van der Waals surface area contributed by atoms with Crippen LogP contribution in [0.4, 0.5) is 4.39 Å². The van der Waals surface area contributed by atoms with Gasteiger partial charge in [-0.3, -0.25) is 4.90 Å². The molecule has 1 aliphatic heterocycles. The van der Waals surface area contributed by atoms with Crippen LogP contribution in [0, 0.1) is 0 Å². The smallest absolute Gasteiger partial charge is 0.114 e. The minimum absolute atomic E-state index is 0.0139. The van der Waals surface area contributed by atoms with Crippen LogP contribution in [0.5, 0.6) is 0 Å². The fourth-order valence-corrected chi connectivity index (χ4v) is 1.85. The molecule has 2 unspecified atom stereocenters. The van der Waals surface area contributed by atoms with Crippen molar-refractivity contribution in [1.82, 2.24) is 4.90 Å². The van der Waals surface area contributed by atoms with Gasteiger partial charge in [-0.2, -0.15) is 0 Å². The average molecular weight is 175 g/mol. The molecule has 1 N–H and O–H groups in total. The minimum atomic E-state index is -0.763. The summed E-state index contributed by atoms with van der Waals surface area (Å²) in [4.78, 5) is 2.04. The molecular weight excluding hydrogens is 157 g/mol. The van der Waals surface area contributed by atoms with E-state index in [4.69, 9.17) is 5.11 Å². The van der Waals surface area contributed by atoms with Gasteiger partial charge < -0.3 is 5.11 Å². The molecule has 0 amide bonds. The van der Waals surface area contributed by atoms with Crippen molar-refractivity contribution in [2.75, 3.05) is 13.2 Å². The molecule has 0 aromatic heterocycles. The van der Waals surface area contributed by atoms with Gasteiger partial charge in [-0.25, -0.2) is 4.39 Å². The first-order chi connectivity index (χ1) is 5.45. The second-order valence-corrected chi connectivity index (χ2v) is 4.49. The number of aliphatic hydroxyl groups is 1. The van der Waals surface area contributed by atoms with Gasteiger partial charge in [0.25, 0.3) is 0 Å². The van der Waals surface area contributed by atoms with Crippen molar-refractivity contribution >= 4 is 0 Å². The summed E-state index contributed by atoms with van der Waals surface area (Å²) in [6.07, 6.45) is -0.283. The molecule has 0 saturated carbocycles. The second kappa shape index (κ2) is 3.30. The van der Waals surface area contributed by atoms with E-state index in [1.807, 2.05) is 25.7 Å². The van der Waals surface area contributed by atoms with E-state index in [1.165, 1.54) is 0 Å². The highest BCUT2D eigenvalue weighted by molar-refractivity contribution is 4.91. The maximum absolute atomic E-state index is 13.0. The van der Waals surface area contributed by atoms with Crippen LogP contribution in [-0.2, 0) is 0 Å². The van der Waals surface area contributed by atoms with Crippen LogP contribution in [0.15, 0.2) is 0 Å². The monoisotopic (exact) mass is 175 g/mol. The SMILES string of the molecule is CC(C)(C)N1CC(F)CC1CO. The minimum Gasteiger partial charge on any atom is -0.395 e. The lowest BCUT2D eigenvalue weighted by Gasteiger charge is -2.35. The average Bonchev–Trinajstić information content (AvgIpc) is 2.29. The molecule has 12 heavy (non-hydrogen) atoms. The molecular formula is C9H18FNO. The zero-order chi connectivity index (χ0) is 9.35. The first-order valence-electron chi connectivity index (χ1n) is 4.47. The van der Waals surface area contributed by atoms with Crippen molar-refractivity contribution in [3.05, 3.63) is 0 Å². The van der Waals surface area contributed by atoms with Crippen molar-refractivity contribution in [2.45, 2.75) is 44.9 Å². The Balaban J connectivity index is 2.64. The molecule has 1 saturated heterocycles. The van der Waals surface area contributed by atoms with Crippen LogP contribution in [0.1, 0.15) is 27.2 Å². The van der Waals surface area contributed by atoms with E-state index in [9.17, 15) is 4.39 Å². The summed E-state index contributed by atoms with van der Waals surface area (Å²) >= 11 is 0. The predicted molar refractivity (Wildman–Crippen MR) is 46.8 cm³/mol. The summed E-state index contributed by atoms with van der Waals surface area (Å²) in [5, 5.41) is 9.01. The molecule has 1 heterocycles. The predicted octanol–water partition coefficient (Wildman–Crippen LogP) is 1.19. The standard InChI is InChI=1S/C9H18FNO/c1-9(2,3)11-5-7(10)4-8(11)6-12/h7-8,12H,4-6H2,1-3H3. The van der Waals surface area contributed by atoms with E-state index < -0.39 is 6.17 Å². The maximum atomic E-state index is 13.0. The van der Waals surface area contributed by atoms with Crippen LogP contribution >= 0.6 is 0 Å². The Hall–Kier alpha value is -0.150. The number of hydrogen-bond donors (Lipinski definition) is 1. The Morgan fingerprint density at radius 1 is 1.50 bits per heavy atom. The molecule has 0 aromatic carbocycles. The van der Waals surface area contributed by atoms with E-state index >= 15 is 0 Å². The second-order valence-electron chi connectivity index (χ2n) is 4.49. The molecule has 0 radical (unpaired) electrons. The summed E-state index contributed by atoms with van der Waals surface area (Å²) in [5.41, 5.74) is -0.0335. The summed E-state index contributed by atoms with van der Waals surface area (Å²) in [6, 6.07) is 0.0139. The molecule has 72 valence electrons. The largest absolute Gasteiger partial charge is 0.395 e. The number of nitrogens with zero attached hydrogens (tertiary/aromatic N) is 1. The molecule has 2 nitrogen and oxygen atoms in total. The van der Waals surface area contributed by atoms with Crippen LogP contribution in [0.3, 0.4) is 0 Å². The van der Waals surface area contributed by atoms with E-state index in [1.54, 1.807) is 0 Å². The number of rotatable bonds is 1. The van der Waals surface area contributed by atoms with E-state index in [2.05, 4.69) is 0 Å². The molecule has 0 aromatic rings. The Morgan fingerprint density at radius 2 is 2.08 bits per heavy atom. The lowest BCUT2D eigenvalue weighted by molar-refractivity contribution is 0.0785. The van der Waals surface area contributed by atoms with Gasteiger partial charge in [0.05, 0.1) is 6.61 Å². The van der Waals surface area contributed by atoms with Crippen LogP contribution in [0.2, 0.25) is 0 Å². The first-order valence-corrected chi connectivity index (χ1v) is 4.47. The van der Waals surface area contributed by atoms with Crippen molar-refractivity contribution < 1.29 is 9.50 Å². The van der Waals surface area contributed by atoms with Gasteiger partial charge in [0.15, 0.2) is 0 Å². The molecule has 1 fully saturated rings. The third kappa shape index (κ3) is 1.96. The van der Waals surface area contributed by atoms with Crippen molar-refractivity contribution in [3.8, 4) is 0 Å². The summed E-state index contributed by atoms with van der Waals surface area (Å²) < 4.78 is 13.0. The zero-order valence-electron chi connectivity index (χ0n) is 8.05. The van der Waals surface area contributed by atoms with Gasteiger partial charge in [0.2, 0.25) is 0 Å². The Kier molecular flexibility index (Phi) is 2.74. The zero-order valence-corrected chi connectivity index (χ0v) is 8.05. The lowest BCUT2D eigenvalue weighted by atomic mass is 10.1. The number of hydrogen-bond acceptors (Lipinski definition) is 2. The van der Waals surface area contributed by atoms with Crippen LogP contribution < -0.4 is 0 Å². The Bertz CT molecular complexity index is 155. The lowest BCUT2D eigenvalue weighted by Crippen LogP contribution is -2.46. The van der Waals surface area contributed by atoms with E-state index in [0.29, 0.717) is 13.0 Å². The van der Waals surface area contributed by atoms with E-state index in [0.717, 1.165) is 0 Å². The maximum Gasteiger partial charge on any atom is 0.114 e. The third-order valence-electron chi connectivity index (χ3n) is 2.44. The van der Waals surface area contributed by atoms with Gasteiger partial charge in [-0.15, -0.1) is 0 Å². The highest BCUT2D eigenvalue weighted by Crippen LogP contribution is 2.27. The normalized spacial score (nSPS) is 32.8. The summed E-state index contributed by atoms with van der Waals surface area (Å²) in [5.74, 6) is 0. The van der Waals surface area contributed by atoms with Gasteiger partial charge in [-0.1, -0.05) is 0 Å². The molecule has 0 aliphatic carbocycles. The molecule has 1 rings (SSSR count). The molecule has 2 atom stereocenters. The third-order valence-corrected chi connectivity index (χ3v) is 2.44. The number of likely N-dealkylation sites (tertiary alicyclic amines) is 1. The van der Waals surface area contributed by atoms with E-state index in [-0.39, 0.29) is 18.2 Å². The quantitative estimate of drug-likeness (QED) is 0.647. The molecule has 0 spiro atoms. The van der Waals surface area contributed by atoms with Crippen molar-refractivity contribution in [3.63, 3.8) is 0 Å². The molecule has 3 heteroatoms. The highest BCUT2D eigenvalue weighted by atomic mass is 19.1. The molecule has 1 aliphatic rings. The first kappa shape index (κ1) is 9.93. The van der Waals surface area contributed by atoms with Crippen molar-refractivity contribution in [1.29, 1.82) is 0 Å². The number of aliphatic hydroxyl groups excluding tert-OH is 1. The molecule has 0 bridgehead atoms. The topological polar surface area (TPSA) is 23.5 Å². The van der Waals surface area contributed by atoms with Gasteiger partial charge in [-0.05, 0) is 27.2 Å². The highest BCUT2D eigenvalue weighted by Gasteiger charge is 2.37. The van der Waals surface area contributed by atoms with Gasteiger partial charge in [0.1, 0.15) is 6.17 Å². The van der Waals surface area contributed by atoms with Crippen LogP contribution in [-0.4, -0.2) is 40.9 Å². The fraction of sp³-hybridized carbons (Fsp3) is 1.00. The van der Waals surface area contributed by atoms with Crippen molar-refractivity contribution in [2.24, 2.45) is 0 Å². The Morgan fingerprint density at radius 3 is 2.42 bits per heavy atom. The number of halogens is 1. The fourth-order valence-electron chi connectivity index (χ4n) is 1.85. The summed E-state index contributed by atoms with van der Waals surface area (Å²) in [7, 11) is 0. The van der Waals surface area contributed by atoms with Gasteiger partial charge in [0, 0.05) is 18.1 Å². The van der Waals surface area contributed by atoms with Gasteiger partial charge >= 0.3 is 0 Å². The van der Waals surface area contributed by atoms with Crippen LogP contribution in [0.25, 0.3) is 0 Å². The Labute approximate surface area is 73.4 Å². The summed E-state index contributed by atoms with van der Waals surface area (Å²) in [6.45, 7) is 6.68. The number of alkyl halides is 1.